The molecule has 0 unspecified atom stereocenters. The van der Waals surface area contributed by atoms with Crippen LogP contribution in [0.3, 0.4) is 0 Å². The van der Waals surface area contributed by atoms with Gasteiger partial charge in [-0.2, -0.15) is 0 Å². The van der Waals surface area contributed by atoms with Crippen LogP contribution >= 0.6 is 0 Å². The van der Waals surface area contributed by atoms with Gasteiger partial charge in [-0.3, -0.25) is 4.79 Å². The van der Waals surface area contributed by atoms with E-state index in [1.54, 1.807) is 12.1 Å². The molecule has 0 radical (unpaired) electrons. The van der Waals surface area contributed by atoms with Gasteiger partial charge in [0.2, 0.25) is 5.88 Å². The Hall–Kier alpha value is -2.45. The highest BCUT2D eigenvalue weighted by Gasteiger charge is 2.26. The molecule has 9 heteroatoms. The second-order valence-corrected chi connectivity index (χ2v) is 5.43. The number of likely N-dealkylation sites (tertiary alicyclic amines) is 1. The number of hydrogen-bond donors (Lipinski definition) is 2. The second-order valence-electron chi connectivity index (χ2n) is 5.43. The van der Waals surface area contributed by atoms with Crippen molar-refractivity contribution in [2.75, 3.05) is 19.7 Å². The van der Waals surface area contributed by atoms with Crippen LogP contribution in [0.1, 0.15) is 18.4 Å². The number of carbonyl (C=O) groups is 2. The summed E-state index contributed by atoms with van der Waals surface area (Å²) in [4.78, 5) is 28.4. The Labute approximate surface area is 137 Å². The van der Waals surface area contributed by atoms with E-state index < -0.39 is 24.9 Å². The molecule has 2 rings (SSSR count). The topological polar surface area (TPSA) is 91.8 Å². The molecule has 1 aromatic heterocycles. The third-order valence-electron chi connectivity index (χ3n) is 3.76. The van der Waals surface area contributed by atoms with Crippen molar-refractivity contribution in [3.8, 4) is 5.88 Å². The van der Waals surface area contributed by atoms with E-state index in [9.17, 15) is 18.4 Å². The summed E-state index contributed by atoms with van der Waals surface area (Å²) < 4.78 is 29.4. The molecule has 2 N–H and O–H groups in total. The fourth-order valence-corrected chi connectivity index (χ4v) is 2.44. The Morgan fingerprint density at radius 1 is 1.42 bits per heavy atom. The number of aromatic nitrogens is 1. The molecule has 1 aliphatic rings. The van der Waals surface area contributed by atoms with Gasteiger partial charge in [-0.05, 0) is 18.9 Å². The molecule has 1 fully saturated rings. The van der Waals surface area contributed by atoms with Crippen LogP contribution in [-0.4, -0.2) is 53.1 Å². The maximum Gasteiger partial charge on any atom is 0.317 e. The smallest absolute Gasteiger partial charge is 0.317 e. The minimum atomic E-state index is -2.61. The number of hydrogen-bond acceptors (Lipinski definition) is 4. The average molecular weight is 343 g/mol. The molecule has 24 heavy (non-hydrogen) atoms. The summed E-state index contributed by atoms with van der Waals surface area (Å²) in [5.74, 6) is -1.20. The number of carbonyl (C=O) groups excluding carboxylic acids is 1. The van der Waals surface area contributed by atoms with Crippen molar-refractivity contribution in [3.63, 3.8) is 0 Å². The highest BCUT2D eigenvalue weighted by molar-refractivity contribution is 5.75. The van der Waals surface area contributed by atoms with Gasteiger partial charge in [0.25, 0.3) is 6.43 Å². The van der Waals surface area contributed by atoms with Crippen LogP contribution < -0.4 is 10.1 Å². The third-order valence-corrected chi connectivity index (χ3v) is 3.76. The lowest BCUT2D eigenvalue weighted by atomic mass is 9.97. The molecule has 0 aromatic carbocycles. The number of piperidine rings is 1. The Kier molecular flexibility index (Phi) is 6.28. The first-order valence-electron chi connectivity index (χ1n) is 7.57. The van der Waals surface area contributed by atoms with Crippen LogP contribution in [-0.2, 0) is 11.3 Å². The zero-order chi connectivity index (χ0) is 17.5. The molecule has 1 saturated heterocycles. The van der Waals surface area contributed by atoms with E-state index >= 15 is 0 Å². The van der Waals surface area contributed by atoms with Crippen LogP contribution in [0, 0.1) is 5.92 Å². The van der Waals surface area contributed by atoms with Crippen molar-refractivity contribution in [2.45, 2.75) is 25.8 Å². The number of nitrogens with zero attached hydrogens (tertiary/aromatic N) is 2. The summed E-state index contributed by atoms with van der Waals surface area (Å²) in [7, 11) is 0. The van der Waals surface area contributed by atoms with E-state index in [0.29, 0.717) is 31.5 Å². The molecule has 2 amide bonds. The fraction of sp³-hybridized carbons (Fsp3) is 0.533. The number of urea groups is 1. The number of carboxylic acids is 1. The third kappa shape index (κ3) is 5.04. The molecule has 0 aliphatic carbocycles. The highest BCUT2D eigenvalue weighted by Crippen LogP contribution is 2.18. The average Bonchev–Trinajstić information content (AvgIpc) is 2.58. The lowest BCUT2D eigenvalue weighted by Gasteiger charge is -2.30. The lowest BCUT2D eigenvalue weighted by molar-refractivity contribution is -0.143. The van der Waals surface area contributed by atoms with E-state index in [1.807, 2.05) is 0 Å². The van der Waals surface area contributed by atoms with Gasteiger partial charge in [0.05, 0.1) is 5.92 Å². The summed E-state index contributed by atoms with van der Waals surface area (Å²) >= 11 is 0. The Balaban J connectivity index is 1.85. The predicted molar refractivity (Wildman–Crippen MR) is 79.9 cm³/mol. The maximum atomic E-state index is 12.2. The molecule has 0 spiro atoms. The van der Waals surface area contributed by atoms with Crippen molar-refractivity contribution in [1.29, 1.82) is 0 Å². The molecule has 1 aliphatic heterocycles. The number of aliphatic carboxylic acids is 1. The van der Waals surface area contributed by atoms with Gasteiger partial charge in [-0.1, -0.05) is 6.07 Å². The van der Waals surface area contributed by atoms with Gasteiger partial charge in [0.15, 0.2) is 6.61 Å². The normalized spacial score (nSPS) is 15.4. The summed E-state index contributed by atoms with van der Waals surface area (Å²) in [6.45, 7) is 0.0555. The van der Waals surface area contributed by atoms with E-state index in [4.69, 9.17) is 9.84 Å². The zero-order valence-electron chi connectivity index (χ0n) is 13.0. The molecule has 1 aromatic rings. The standard InChI is InChI=1S/C15H19F2N3O4/c16-12(17)9-24-13-11(2-1-5-18-13)8-19-15(23)20-6-3-10(4-7-20)14(21)22/h1-2,5,10,12H,3-4,6-9H2,(H,19,23)(H,21,22). The minimum Gasteiger partial charge on any atom is -0.481 e. The van der Waals surface area contributed by atoms with E-state index in [2.05, 4.69) is 10.3 Å². The van der Waals surface area contributed by atoms with E-state index in [0.717, 1.165) is 0 Å². The van der Waals surface area contributed by atoms with E-state index in [-0.39, 0.29) is 18.5 Å². The number of rotatable bonds is 6. The van der Waals surface area contributed by atoms with Gasteiger partial charge in [-0.15, -0.1) is 0 Å². The fourth-order valence-electron chi connectivity index (χ4n) is 2.44. The van der Waals surface area contributed by atoms with Crippen LogP contribution in [0.15, 0.2) is 18.3 Å². The highest BCUT2D eigenvalue weighted by atomic mass is 19.3. The Morgan fingerprint density at radius 2 is 2.12 bits per heavy atom. The van der Waals surface area contributed by atoms with Crippen molar-refractivity contribution in [3.05, 3.63) is 23.9 Å². The van der Waals surface area contributed by atoms with Gasteiger partial charge in [0, 0.05) is 31.4 Å². The number of nitrogens with one attached hydrogen (secondary N) is 1. The van der Waals surface area contributed by atoms with Crippen LogP contribution in [0.25, 0.3) is 0 Å². The molecule has 0 atom stereocenters. The summed E-state index contributed by atoms with van der Waals surface area (Å²) in [6, 6.07) is 2.92. The van der Waals surface area contributed by atoms with Gasteiger partial charge >= 0.3 is 12.0 Å². The summed E-state index contributed by atoms with van der Waals surface area (Å²) in [6.07, 6.45) is -0.357. The monoisotopic (exact) mass is 343 g/mol. The first kappa shape index (κ1) is 17.9. The minimum absolute atomic E-state index is 0.0580. The largest absolute Gasteiger partial charge is 0.481 e. The molecular formula is C15H19F2N3O4. The molecule has 132 valence electrons. The number of alkyl halides is 2. The predicted octanol–water partition coefficient (Wildman–Crippen LogP) is 1.73. The van der Waals surface area contributed by atoms with Gasteiger partial charge in [0.1, 0.15) is 0 Å². The van der Waals surface area contributed by atoms with Crippen molar-refractivity contribution < 1.29 is 28.2 Å². The number of halogens is 2. The molecular weight excluding hydrogens is 324 g/mol. The summed E-state index contributed by atoms with van der Waals surface area (Å²) in [5.41, 5.74) is 0.493. The first-order valence-corrected chi connectivity index (χ1v) is 7.57. The second kappa shape index (κ2) is 8.42. The number of ether oxygens (including phenoxy) is 1. The number of amides is 2. The quantitative estimate of drug-likeness (QED) is 0.821. The molecule has 0 saturated carbocycles. The zero-order valence-corrected chi connectivity index (χ0v) is 13.0. The van der Waals surface area contributed by atoms with Gasteiger partial charge in [-0.25, -0.2) is 18.6 Å². The van der Waals surface area contributed by atoms with Crippen LogP contribution in [0.2, 0.25) is 0 Å². The molecule has 0 bridgehead atoms. The molecule has 2 heterocycles. The van der Waals surface area contributed by atoms with Crippen molar-refractivity contribution in [1.82, 2.24) is 15.2 Å². The first-order chi connectivity index (χ1) is 11.5. The molecule has 7 nitrogen and oxygen atoms in total. The van der Waals surface area contributed by atoms with Crippen LogP contribution in [0.4, 0.5) is 13.6 Å². The number of pyridine rings is 1. The number of carboxylic acid groups (broad SMARTS) is 1. The maximum absolute atomic E-state index is 12.2. The van der Waals surface area contributed by atoms with Crippen LogP contribution in [0.5, 0.6) is 5.88 Å². The van der Waals surface area contributed by atoms with E-state index in [1.165, 1.54) is 11.1 Å². The Morgan fingerprint density at radius 3 is 2.75 bits per heavy atom. The van der Waals surface area contributed by atoms with Crippen molar-refractivity contribution in [2.24, 2.45) is 5.92 Å². The van der Waals surface area contributed by atoms with Crippen molar-refractivity contribution >= 4 is 12.0 Å². The summed E-state index contributed by atoms with van der Waals surface area (Å²) in [5, 5.41) is 11.6. The van der Waals surface area contributed by atoms with Gasteiger partial charge < -0.3 is 20.1 Å². The SMILES string of the molecule is O=C(O)C1CCN(C(=O)NCc2cccnc2OCC(F)F)CC1. The Bertz CT molecular complexity index is 578. The lowest BCUT2D eigenvalue weighted by Crippen LogP contribution is -2.45.